The van der Waals surface area contributed by atoms with E-state index in [-0.39, 0.29) is 12.0 Å². The number of nitrogens with two attached hydrogens (primary N) is 1. The van der Waals surface area contributed by atoms with Gasteiger partial charge in [0.05, 0.1) is 18.3 Å². The quantitative estimate of drug-likeness (QED) is 0.519. The van der Waals surface area contributed by atoms with Crippen molar-refractivity contribution in [3.05, 3.63) is 29.3 Å². The highest BCUT2D eigenvalue weighted by molar-refractivity contribution is 5.90. The van der Waals surface area contributed by atoms with Gasteiger partial charge in [-0.15, -0.1) is 0 Å². The number of carboxylic acid groups (broad SMARTS) is 1. The highest BCUT2D eigenvalue weighted by Gasteiger charge is 2.13. The molecule has 0 aliphatic heterocycles. The van der Waals surface area contributed by atoms with E-state index in [4.69, 9.17) is 15.9 Å². The minimum Gasteiger partial charge on any atom is -0.478 e. The van der Waals surface area contributed by atoms with Crippen molar-refractivity contribution < 1.29 is 20.1 Å². The summed E-state index contributed by atoms with van der Waals surface area (Å²) in [5, 5.41) is 26.7. The smallest absolute Gasteiger partial charge is 0.335 e. The Morgan fingerprint density at radius 1 is 1.47 bits per heavy atom. The van der Waals surface area contributed by atoms with Crippen LogP contribution in [0.4, 0.5) is 5.69 Å². The van der Waals surface area contributed by atoms with Gasteiger partial charge in [-0.1, -0.05) is 0 Å². The van der Waals surface area contributed by atoms with Crippen molar-refractivity contribution in [1.29, 1.82) is 0 Å². The molecule has 0 aliphatic carbocycles. The fourth-order valence-corrected chi connectivity index (χ4v) is 1.31. The number of anilines is 1. The zero-order chi connectivity index (χ0) is 11.4. The average Bonchev–Trinajstić information content (AvgIpc) is 2.17. The monoisotopic (exact) mass is 211 g/mol. The number of hydrogen-bond donors (Lipinski definition) is 4. The van der Waals surface area contributed by atoms with E-state index in [0.29, 0.717) is 11.3 Å². The standard InChI is InChI=1S/C10H13NO4/c11-7-1-2-9(10(14)15)6(3-7)4-8(13)5-12/h1-3,8,12-13H,4-5,11H2,(H,14,15). The molecule has 5 N–H and O–H groups in total. The molecule has 1 aromatic rings. The zero-order valence-corrected chi connectivity index (χ0v) is 8.05. The molecule has 0 heterocycles. The Bertz CT molecular complexity index is 364. The number of carbonyl (C=O) groups is 1. The fraction of sp³-hybridized carbons (Fsp3) is 0.300. The Morgan fingerprint density at radius 3 is 2.67 bits per heavy atom. The first-order chi connectivity index (χ1) is 7.04. The summed E-state index contributed by atoms with van der Waals surface area (Å²) in [6.07, 6.45) is -0.895. The van der Waals surface area contributed by atoms with E-state index < -0.39 is 18.7 Å². The lowest BCUT2D eigenvalue weighted by Crippen LogP contribution is -2.17. The highest BCUT2D eigenvalue weighted by atomic mass is 16.4. The molecule has 0 saturated carbocycles. The number of benzene rings is 1. The van der Waals surface area contributed by atoms with Gasteiger partial charge in [0.2, 0.25) is 0 Å². The summed E-state index contributed by atoms with van der Waals surface area (Å²) in [7, 11) is 0. The van der Waals surface area contributed by atoms with E-state index in [1.807, 2.05) is 0 Å². The maximum atomic E-state index is 10.8. The lowest BCUT2D eigenvalue weighted by atomic mass is 10.0. The van der Waals surface area contributed by atoms with Crippen LogP contribution >= 0.6 is 0 Å². The first-order valence-electron chi connectivity index (χ1n) is 4.45. The predicted octanol–water partition coefficient (Wildman–Crippen LogP) is -0.137. The highest BCUT2D eigenvalue weighted by Crippen LogP contribution is 2.15. The van der Waals surface area contributed by atoms with Crippen molar-refractivity contribution in [2.24, 2.45) is 0 Å². The predicted molar refractivity (Wildman–Crippen MR) is 54.6 cm³/mol. The van der Waals surface area contributed by atoms with Gasteiger partial charge in [0.15, 0.2) is 0 Å². The molecule has 5 heteroatoms. The van der Waals surface area contributed by atoms with Crippen LogP contribution in [0.5, 0.6) is 0 Å². The van der Waals surface area contributed by atoms with Crippen LogP contribution in [0.3, 0.4) is 0 Å². The van der Waals surface area contributed by atoms with Crippen molar-refractivity contribution in [3.63, 3.8) is 0 Å². The molecule has 0 aliphatic rings. The van der Waals surface area contributed by atoms with E-state index in [1.165, 1.54) is 18.2 Å². The maximum absolute atomic E-state index is 10.8. The Hall–Kier alpha value is -1.59. The molecule has 0 amide bonds. The van der Waals surface area contributed by atoms with Crippen molar-refractivity contribution in [2.75, 3.05) is 12.3 Å². The molecular weight excluding hydrogens is 198 g/mol. The zero-order valence-electron chi connectivity index (χ0n) is 8.05. The van der Waals surface area contributed by atoms with Crippen LogP contribution in [-0.4, -0.2) is 34.0 Å². The van der Waals surface area contributed by atoms with Crippen LogP contribution in [0.1, 0.15) is 15.9 Å². The molecule has 0 spiro atoms. The number of nitrogen functional groups attached to an aromatic ring is 1. The van der Waals surface area contributed by atoms with Crippen LogP contribution in [0.25, 0.3) is 0 Å². The maximum Gasteiger partial charge on any atom is 0.335 e. The number of aromatic carboxylic acids is 1. The van der Waals surface area contributed by atoms with E-state index >= 15 is 0 Å². The Kier molecular flexibility index (Phi) is 3.65. The third-order valence-electron chi connectivity index (χ3n) is 2.03. The normalized spacial score (nSPS) is 12.4. The topological polar surface area (TPSA) is 104 Å². The van der Waals surface area contributed by atoms with Crippen molar-refractivity contribution in [1.82, 2.24) is 0 Å². The third-order valence-corrected chi connectivity index (χ3v) is 2.03. The van der Waals surface area contributed by atoms with Gasteiger partial charge in [0, 0.05) is 12.1 Å². The molecule has 1 aromatic carbocycles. The Labute approximate surface area is 86.8 Å². The minimum atomic E-state index is -1.07. The summed E-state index contributed by atoms with van der Waals surface area (Å²) < 4.78 is 0. The van der Waals surface area contributed by atoms with Gasteiger partial charge in [-0.2, -0.15) is 0 Å². The van der Waals surface area contributed by atoms with E-state index in [2.05, 4.69) is 0 Å². The van der Waals surface area contributed by atoms with Gasteiger partial charge in [-0.05, 0) is 23.8 Å². The number of aliphatic hydroxyl groups is 2. The minimum absolute atomic E-state index is 0.0726. The second-order valence-electron chi connectivity index (χ2n) is 3.26. The largest absolute Gasteiger partial charge is 0.478 e. The van der Waals surface area contributed by atoms with Gasteiger partial charge >= 0.3 is 5.97 Å². The second-order valence-corrected chi connectivity index (χ2v) is 3.26. The molecule has 1 rings (SSSR count). The molecule has 82 valence electrons. The molecule has 15 heavy (non-hydrogen) atoms. The number of carboxylic acids is 1. The summed E-state index contributed by atoms with van der Waals surface area (Å²) in [6.45, 7) is -0.409. The summed E-state index contributed by atoms with van der Waals surface area (Å²) >= 11 is 0. The van der Waals surface area contributed by atoms with Crippen LogP contribution in [-0.2, 0) is 6.42 Å². The summed E-state index contributed by atoms with van der Waals surface area (Å²) in [6, 6.07) is 4.36. The lowest BCUT2D eigenvalue weighted by molar-refractivity contribution is 0.0691. The van der Waals surface area contributed by atoms with Crippen molar-refractivity contribution in [2.45, 2.75) is 12.5 Å². The lowest BCUT2D eigenvalue weighted by Gasteiger charge is -2.10. The van der Waals surface area contributed by atoms with E-state index in [0.717, 1.165) is 0 Å². The summed E-state index contributed by atoms with van der Waals surface area (Å²) in [5.74, 6) is -1.07. The fourth-order valence-electron chi connectivity index (χ4n) is 1.31. The molecule has 5 nitrogen and oxygen atoms in total. The van der Waals surface area contributed by atoms with Crippen LogP contribution in [0.2, 0.25) is 0 Å². The number of aliphatic hydroxyl groups excluding tert-OH is 2. The third kappa shape index (κ3) is 2.93. The molecule has 1 unspecified atom stereocenters. The van der Waals surface area contributed by atoms with Gasteiger partial charge in [0.25, 0.3) is 0 Å². The SMILES string of the molecule is Nc1ccc(C(=O)O)c(CC(O)CO)c1. The van der Waals surface area contributed by atoms with Crippen LogP contribution < -0.4 is 5.73 Å². The van der Waals surface area contributed by atoms with Gasteiger partial charge in [-0.25, -0.2) is 4.79 Å². The molecule has 1 atom stereocenters. The van der Waals surface area contributed by atoms with Gasteiger partial charge in [0.1, 0.15) is 0 Å². The molecule has 0 saturated heterocycles. The molecular formula is C10H13NO4. The van der Waals surface area contributed by atoms with E-state index in [1.54, 1.807) is 0 Å². The van der Waals surface area contributed by atoms with Crippen LogP contribution in [0.15, 0.2) is 18.2 Å². The summed E-state index contributed by atoms with van der Waals surface area (Å²) in [5.41, 5.74) is 6.45. The van der Waals surface area contributed by atoms with Crippen molar-refractivity contribution in [3.8, 4) is 0 Å². The first-order valence-corrected chi connectivity index (χ1v) is 4.45. The number of hydrogen-bond acceptors (Lipinski definition) is 4. The van der Waals surface area contributed by atoms with Crippen molar-refractivity contribution >= 4 is 11.7 Å². The Morgan fingerprint density at radius 2 is 2.13 bits per heavy atom. The molecule has 0 fully saturated rings. The van der Waals surface area contributed by atoms with Crippen LogP contribution in [0, 0.1) is 0 Å². The number of rotatable bonds is 4. The first kappa shape index (κ1) is 11.5. The second kappa shape index (κ2) is 4.77. The van der Waals surface area contributed by atoms with Gasteiger partial charge < -0.3 is 21.1 Å². The summed E-state index contributed by atoms with van der Waals surface area (Å²) in [4.78, 5) is 10.8. The van der Waals surface area contributed by atoms with Gasteiger partial charge in [-0.3, -0.25) is 0 Å². The van der Waals surface area contributed by atoms with E-state index in [9.17, 15) is 9.90 Å². The molecule has 0 bridgehead atoms. The Balaban J connectivity index is 3.02. The molecule has 0 radical (unpaired) electrons. The average molecular weight is 211 g/mol. The molecule has 0 aromatic heterocycles.